The summed E-state index contributed by atoms with van der Waals surface area (Å²) in [6.07, 6.45) is 8.22. The van der Waals surface area contributed by atoms with Crippen molar-refractivity contribution in [3.05, 3.63) is 23.3 Å². The van der Waals surface area contributed by atoms with E-state index in [0.29, 0.717) is 6.10 Å². The summed E-state index contributed by atoms with van der Waals surface area (Å²) in [5, 5.41) is 0. The van der Waals surface area contributed by atoms with Crippen LogP contribution in [0.15, 0.2) is 23.3 Å². The molecule has 132 valence electrons. The van der Waals surface area contributed by atoms with Gasteiger partial charge in [0, 0.05) is 40.8 Å². The third kappa shape index (κ3) is 25.4. The zero-order valence-corrected chi connectivity index (χ0v) is 25.1. The fourth-order valence-electron chi connectivity index (χ4n) is 1.28. The maximum absolute atomic E-state index is 5.46. The first-order valence-electron chi connectivity index (χ1n) is 7.13. The van der Waals surface area contributed by atoms with E-state index < -0.39 is 0 Å². The van der Waals surface area contributed by atoms with E-state index in [2.05, 4.69) is 111 Å². The van der Waals surface area contributed by atoms with Gasteiger partial charge in [-0.2, -0.15) is 0 Å². The molecule has 4 atom stereocenters. The van der Waals surface area contributed by atoms with E-state index >= 15 is 0 Å². The smallest absolute Gasteiger partial charge is 0.0920 e. The van der Waals surface area contributed by atoms with Gasteiger partial charge in [0.25, 0.3) is 0 Å². The molecule has 0 N–H and O–H groups in total. The van der Waals surface area contributed by atoms with Crippen molar-refractivity contribution in [2.24, 2.45) is 0 Å². The van der Waals surface area contributed by atoms with E-state index in [-0.39, 0.29) is 46.4 Å². The van der Waals surface area contributed by atoms with Crippen LogP contribution in [-0.2, 0) is 4.74 Å². The van der Waals surface area contributed by atoms with Crippen LogP contribution in [0.4, 0.5) is 0 Å². The monoisotopic (exact) mass is 700 g/mol. The summed E-state index contributed by atoms with van der Waals surface area (Å²) in [6.45, 7) is 19.3. The molecular formula is C16H34I2NdOP2. The Balaban J connectivity index is -0.000000125. The third-order valence-electron chi connectivity index (χ3n) is 3.02. The van der Waals surface area contributed by atoms with Crippen molar-refractivity contribution in [3.63, 3.8) is 0 Å². The zero-order chi connectivity index (χ0) is 17.5. The van der Waals surface area contributed by atoms with Crippen molar-refractivity contribution < 1.29 is 45.6 Å². The van der Waals surface area contributed by atoms with Gasteiger partial charge in [-0.05, 0) is 68.0 Å². The average Bonchev–Trinajstić information content (AvgIpc) is 3.00. The maximum atomic E-state index is 5.46. The van der Waals surface area contributed by atoms with E-state index in [1.807, 2.05) is 6.92 Å². The summed E-state index contributed by atoms with van der Waals surface area (Å²) in [4.78, 5) is 0. The van der Waals surface area contributed by atoms with E-state index in [9.17, 15) is 0 Å². The Morgan fingerprint density at radius 2 is 1.55 bits per heavy atom. The summed E-state index contributed by atoms with van der Waals surface area (Å²) < 4.78 is 5.46. The minimum Gasteiger partial charge on any atom is -0.367 e. The van der Waals surface area contributed by atoms with Gasteiger partial charge in [0.15, 0.2) is 0 Å². The predicted molar refractivity (Wildman–Crippen MR) is 125 cm³/mol. The Kier molecular flexibility index (Phi) is 33.0. The fourth-order valence-corrected chi connectivity index (χ4v) is 1.28. The standard InChI is InChI=1S/C10H18O.C5H10.CH4IP.H2IP.Nd/c1-8(2)6-5-7-10(4)9(3)11-10;1-4-5(2)3;1-3-2;1-2;/h6,9H,5,7H2,1-4H3;4H,1-3H3;3H,1H3;2H2;. The first-order valence-corrected chi connectivity index (χ1v) is 15.9. The van der Waals surface area contributed by atoms with Gasteiger partial charge >= 0.3 is 0 Å². The summed E-state index contributed by atoms with van der Waals surface area (Å²) >= 11 is 4.38. The van der Waals surface area contributed by atoms with Gasteiger partial charge in [-0.25, -0.2) is 0 Å². The molecule has 0 saturated carbocycles. The largest absolute Gasteiger partial charge is 0.367 e. The topological polar surface area (TPSA) is 12.5 Å². The van der Waals surface area contributed by atoms with Crippen LogP contribution >= 0.6 is 57.2 Å². The molecule has 0 radical (unpaired) electrons. The second-order valence-corrected chi connectivity index (χ2v) is 9.06. The van der Waals surface area contributed by atoms with Crippen molar-refractivity contribution in [3.8, 4) is 0 Å². The van der Waals surface area contributed by atoms with E-state index in [0.717, 1.165) is 12.6 Å². The molecule has 22 heavy (non-hydrogen) atoms. The van der Waals surface area contributed by atoms with Crippen molar-refractivity contribution >= 4 is 57.2 Å². The Morgan fingerprint density at radius 1 is 1.23 bits per heavy atom. The molecule has 0 aliphatic carbocycles. The number of epoxide rings is 1. The third-order valence-corrected chi connectivity index (χ3v) is 3.02. The fraction of sp³-hybridized carbons (Fsp3) is 0.750. The summed E-state index contributed by atoms with van der Waals surface area (Å²) in [6, 6.07) is 0. The summed E-state index contributed by atoms with van der Waals surface area (Å²) in [5.74, 6) is 0. The molecule has 1 fully saturated rings. The molecule has 0 bridgehead atoms. The van der Waals surface area contributed by atoms with Gasteiger partial charge < -0.3 is 4.74 Å². The van der Waals surface area contributed by atoms with Gasteiger partial charge in [-0.15, -0.1) is 0 Å². The molecule has 1 nitrogen and oxygen atoms in total. The van der Waals surface area contributed by atoms with Crippen LogP contribution in [0.1, 0.15) is 61.3 Å². The van der Waals surface area contributed by atoms with Crippen molar-refractivity contribution in [2.45, 2.75) is 73.0 Å². The molecule has 6 heteroatoms. The van der Waals surface area contributed by atoms with Gasteiger partial charge in [0.2, 0.25) is 0 Å². The van der Waals surface area contributed by atoms with Gasteiger partial charge in [0.05, 0.1) is 11.7 Å². The summed E-state index contributed by atoms with van der Waals surface area (Å²) in [7, 11) is 0. The first kappa shape index (κ1) is 32.8. The normalized spacial score (nSPS) is 20.8. The SMILES string of the molecule is CC(C)=CCCC1(C)OC1C.CC=C(C)C.CPI.PI.[Nd]. The first-order chi connectivity index (χ1) is 9.73. The van der Waals surface area contributed by atoms with Crippen LogP contribution in [0, 0.1) is 40.8 Å². The predicted octanol–water partition coefficient (Wildman–Crippen LogP) is 7.74. The Labute approximate surface area is 202 Å². The van der Waals surface area contributed by atoms with Crippen molar-refractivity contribution in [1.82, 2.24) is 0 Å². The van der Waals surface area contributed by atoms with Crippen LogP contribution in [-0.4, -0.2) is 18.4 Å². The maximum Gasteiger partial charge on any atom is 0.0920 e. The Hall–Kier alpha value is 3.11. The molecule has 1 aliphatic rings. The molecule has 0 spiro atoms. The molecule has 0 aromatic rings. The van der Waals surface area contributed by atoms with Crippen molar-refractivity contribution in [2.75, 3.05) is 6.66 Å². The van der Waals surface area contributed by atoms with Gasteiger partial charge in [0.1, 0.15) is 0 Å². The van der Waals surface area contributed by atoms with E-state index in [1.165, 1.54) is 17.6 Å². The van der Waals surface area contributed by atoms with Gasteiger partial charge in [-0.3, -0.25) is 0 Å². The molecule has 4 unspecified atom stereocenters. The molecule has 1 saturated heterocycles. The number of halogens is 2. The van der Waals surface area contributed by atoms with Crippen LogP contribution in [0.5, 0.6) is 0 Å². The molecule has 0 aromatic heterocycles. The average molecular weight is 702 g/mol. The number of hydrogen-bond donors (Lipinski definition) is 0. The number of hydrogen-bond acceptors (Lipinski definition) is 1. The molecule has 0 amide bonds. The van der Waals surface area contributed by atoms with Gasteiger partial charge in [-0.1, -0.05) is 80.5 Å². The quantitative estimate of drug-likeness (QED) is 0.127. The van der Waals surface area contributed by atoms with E-state index in [1.54, 1.807) is 0 Å². The number of allylic oxidation sites excluding steroid dienone is 4. The van der Waals surface area contributed by atoms with Crippen LogP contribution < -0.4 is 0 Å². The minimum absolute atomic E-state index is 0. The molecule has 1 heterocycles. The number of rotatable bonds is 3. The minimum atomic E-state index is 0. The zero-order valence-electron chi connectivity index (χ0n) is 15.4. The van der Waals surface area contributed by atoms with Crippen LogP contribution in [0.2, 0.25) is 0 Å². The van der Waals surface area contributed by atoms with E-state index in [4.69, 9.17) is 4.74 Å². The molecular weight excluding hydrogens is 668 g/mol. The Morgan fingerprint density at radius 3 is 1.73 bits per heavy atom. The van der Waals surface area contributed by atoms with Crippen molar-refractivity contribution in [1.29, 1.82) is 0 Å². The van der Waals surface area contributed by atoms with Crippen LogP contribution in [0.3, 0.4) is 0 Å². The molecule has 0 aromatic carbocycles. The van der Waals surface area contributed by atoms with Crippen LogP contribution in [0.25, 0.3) is 0 Å². The molecule has 1 aliphatic heterocycles. The summed E-state index contributed by atoms with van der Waals surface area (Å²) in [5.41, 5.74) is 2.98. The molecule has 1 rings (SSSR count). The second kappa shape index (κ2) is 22.2. The number of ether oxygens (including phenoxy) is 1. The Bertz CT molecular complexity index is 292. The second-order valence-electron chi connectivity index (χ2n) is 5.45.